The number of halogens is 3. The lowest BCUT2D eigenvalue weighted by Crippen LogP contribution is -2.45. The van der Waals surface area contributed by atoms with Gasteiger partial charge >= 0.3 is 12.1 Å². The number of alkyl halides is 3. The lowest BCUT2D eigenvalue weighted by Gasteiger charge is -2.20. The SMILES string of the molecule is CCC(C)[C@H](NC(=O)c1ccc(C(F)(F)F)cc1)C(=O)O. The summed E-state index contributed by atoms with van der Waals surface area (Å²) >= 11 is 0. The average molecular weight is 303 g/mol. The number of nitrogens with one attached hydrogen (secondary N) is 1. The van der Waals surface area contributed by atoms with E-state index in [1.807, 2.05) is 0 Å². The largest absolute Gasteiger partial charge is 0.480 e. The molecule has 0 aliphatic rings. The molecule has 2 N–H and O–H groups in total. The normalized spacial score (nSPS) is 14.3. The van der Waals surface area contributed by atoms with Gasteiger partial charge in [0.15, 0.2) is 0 Å². The number of benzene rings is 1. The van der Waals surface area contributed by atoms with Crippen molar-refractivity contribution in [2.75, 3.05) is 0 Å². The molecule has 0 aromatic heterocycles. The van der Waals surface area contributed by atoms with Crippen molar-refractivity contribution in [1.82, 2.24) is 5.32 Å². The van der Waals surface area contributed by atoms with Crippen molar-refractivity contribution in [1.29, 1.82) is 0 Å². The summed E-state index contributed by atoms with van der Waals surface area (Å²) in [6.45, 7) is 3.46. The molecule has 2 atom stereocenters. The molecule has 0 spiro atoms. The Morgan fingerprint density at radius 1 is 1.24 bits per heavy atom. The molecular weight excluding hydrogens is 287 g/mol. The number of carbonyl (C=O) groups is 2. The van der Waals surface area contributed by atoms with Gasteiger partial charge in [-0.25, -0.2) is 4.79 Å². The molecule has 7 heteroatoms. The van der Waals surface area contributed by atoms with Crippen LogP contribution < -0.4 is 5.32 Å². The molecule has 0 saturated heterocycles. The Kier molecular flexibility index (Phi) is 5.34. The first-order valence-electron chi connectivity index (χ1n) is 6.37. The Balaban J connectivity index is 2.86. The summed E-state index contributed by atoms with van der Waals surface area (Å²) in [4.78, 5) is 23.0. The maximum absolute atomic E-state index is 12.4. The van der Waals surface area contributed by atoms with Gasteiger partial charge in [-0.1, -0.05) is 20.3 Å². The fourth-order valence-corrected chi connectivity index (χ4v) is 1.72. The number of aliphatic carboxylic acids is 1. The summed E-state index contributed by atoms with van der Waals surface area (Å²) in [5.41, 5.74) is -0.881. The zero-order chi connectivity index (χ0) is 16.2. The second-order valence-corrected chi connectivity index (χ2v) is 4.75. The third-order valence-electron chi connectivity index (χ3n) is 3.24. The Morgan fingerprint density at radius 2 is 1.76 bits per heavy atom. The maximum atomic E-state index is 12.4. The number of amides is 1. The Hall–Kier alpha value is -2.05. The van der Waals surface area contributed by atoms with Gasteiger partial charge in [0, 0.05) is 5.56 Å². The van der Waals surface area contributed by atoms with Gasteiger partial charge in [-0.15, -0.1) is 0 Å². The van der Waals surface area contributed by atoms with E-state index in [1.165, 1.54) is 0 Å². The van der Waals surface area contributed by atoms with Crippen LogP contribution >= 0.6 is 0 Å². The number of hydrogen-bond donors (Lipinski definition) is 2. The first-order chi connectivity index (χ1) is 9.66. The molecular formula is C14H16F3NO3. The number of carboxylic acid groups (broad SMARTS) is 1. The van der Waals surface area contributed by atoms with Gasteiger partial charge in [0.1, 0.15) is 6.04 Å². The quantitative estimate of drug-likeness (QED) is 0.879. The van der Waals surface area contributed by atoms with Crippen molar-refractivity contribution in [2.24, 2.45) is 5.92 Å². The Labute approximate surface area is 120 Å². The topological polar surface area (TPSA) is 66.4 Å². The van der Waals surface area contributed by atoms with Crippen molar-refractivity contribution in [3.8, 4) is 0 Å². The van der Waals surface area contributed by atoms with Crippen molar-refractivity contribution in [2.45, 2.75) is 32.5 Å². The highest BCUT2D eigenvalue weighted by Crippen LogP contribution is 2.29. The Morgan fingerprint density at radius 3 is 2.14 bits per heavy atom. The molecule has 116 valence electrons. The summed E-state index contributed by atoms with van der Waals surface area (Å²) in [6.07, 6.45) is -3.93. The molecule has 1 amide bonds. The summed E-state index contributed by atoms with van der Waals surface area (Å²) < 4.78 is 37.2. The second kappa shape index (κ2) is 6.60. The molecule has 0 aliphatic heterocycles. The predicted molar refractivity (Wildman–Crippen MR) is 69.8 cm³/mol. The molecule has 21 heavy (non-hydrogen) atoms. The van der Waals surface area contributed by atoms with Gasteiger partial charge in [0.2, 0.25) is 0 Å². The van der Waals surface area contributed by atoms with Crippen LogP contribution in [0, 0.1) is 5.92 Å². The van der Waals surface area contributed by atoms with Gasteiger partial charge in [0.25, 0.3) is 5.91 Å². The molecule has 0 saturated carbocycles. The number of rotatable bonds is 5. The molecule has 0 aliphatic carbocycles. The molecule has 0 bridgehead atoms. The summed E-state index contributed by atoms with van der Waals surface area (Å²) in [7, 11) is 0. The van der Waals surface area contributed by atoms with Crippen molar-refractivity contribution >= 4 is 11.9 Å². The Bertz CT molecular complexity index is 511. The van der Waals surface area contributed by atoms with Crippen LogP contribution in [0.4, 0.5) is 13.2 Å². The third-order valence-corrected chi connectivity index (χ3v) is 3.24. The zero-order valence-electron chi connectivity index (χ0n) is 11.6. The van der Waals surface area contributed by atoms with Gasteiger partial charge < -0.3 is 10.4 Å². The predicted octanol–water partition coefficient (Wildman–Crippen LogP) is 2.93. The molecule has 0 fully saturated rings. The smallest absolute Gasteiger partial charge is 0.416 e. The average Bonchev–Trinajstić information content (AvgIpc) is 2.42. The second-order valence-electron chi connectivity index (χ2n) is 4.75. The van der Waals surface area contributed by atoms with Gasteiger partial charge in [-0.05, 0) is 30.2 Å². The van der Waals surface area contributed by atoms with Crippen LogP contribution in [-0.2, 0) is 11.0 Å². The lowest BCUT2D eigenvalue weighted by molar-refractivity contribution is -0.140. The fourth-order valence-electron chi connectivity index (χ4n) is 1.72. The molecule has 1 rings (SSSR count). The van der Waals surface area contributed by atoms with Gasteiger partial charge in [-0.3, -0.25) is 4.79 Å². The number of carboxylic acids is 1. The van der Waals surface area contributed by atoms with Crippen LogP contribution in [0.15, 0.2) is 24.3 Å². The van der Waals surface area contributed by atoms with E-state index in [4.69, 9.17) is 5.11 Å². The van der Waals surface area contributed by atoms with Crippen LogP contribution in [0.2, 0.25) is 0 Å². The van der Waals surface area contributed by atoms with Gasteiger partial charge in [-0.2, -0.15) is 13.2 Å². The minimum atomic E-state index is -4.48. The molecule has 1 aromatic rings. The van der Waals surface area contributed by atoms with Crippen LogP contribution in [0.5, 0.6) is 0 Å². The zero-order valence-corrected chi connectivity index (χ0v) is 11.6. The van der Waals surface area contributed by atoms with Crippen LogP contribution in [0.1, 0.15) is 36.2 Å². The van der Waals surface area contributed by atoms with Crippen LogP contribution in [0.25, 0.3) is 0 Å². The fraction of sp³-hybridized carbons (Fsp3) is 0.429. The first kappa shape index (κ1) is 17.0. The summed E-state index contributed by atoms with van der Waals surface area (Å²) in [6, 6.07) is 2.54. The van der Waals surface area contributed by atoms with E-state index in [9.17, 15) is 22.8 Å². The van der Waals surface area contributed by atoms with Crippen molar-refractivity contribution in [3.63, 3.8) is 0 Å². The summed E-state index contributed by atoms with van der Waals surface area (Å²) in [5, 5.41) is 11.4. The molecule has 0 heterocycles. The number of hydrogen-bond acceptors (Lipinski definition) is 2. The monoisotopic (exact) mass is 303 g/mol. The van der Waals surface area contributed by atoms with E-state index in [0.29, 0.717) is 6.42 Å². The van der Waals surface area contributed by atoms with Gasteiger partial charge in [0.05, 0.1) is 5.56 Å². The molecule has 1 aromatic carbocycles. The van der Waals surface area contributed by atoms with E-state index in [-0.39, 0.29) is 11.5 Å². The van der Waals surface area contributed by atoms with E-state index >= 15 is 0 Å². The van der Waals surface area contributed by atoms with Crippen LogP contribution in [-0.4, -0.2) is 23.0 Å². The highest BCUT2D eigenvalue weighted by Gasteiger charge is 2.30. The minimum Gasteiger partial charge on any atom is -0.480 e. The van der Waals surface area contributed by atoms with E-state index in [1.54, 1.807) is 13.8 Å². The first-order valence-corrected chi connectivity index (χ1v) is 6.37. The highest BCUT2D eigenvalue weighted by molar-refractivity contribution is 5.96. The maximum Gasteiger partial charge on any atom is 0.416 e. The van der Waals surface area contributed by atoms with E-state index in [2.05, 4.69) is 5.32 Å². The summed E-state index contributed by atoms with van der Waals surface area (Å²) in [5.74, 6) is -2.18. The molecule has 0 radical (unpaired) electrons. The molecule has 4 nitrogen and oxygen atoms in total. The number of carbonyl (C=O) groups excluding carboxylic acids is 1. The lowest BCUT2D eigenvalue weighted by atomic mass is 9.99. The minimum absolute atomic E-state index is 0.0162. The van der Waals surface area contributed by atoms with Crippen molar-refractivity contribution in [3.05, 3.63) is 35.4 Å². The van der Waals surface area contributed by atoms with Crippen LogP contribution in [0.3, 0.4) is 0 Å². The van der Waals surface area contributed by atoms with E-state index < -0.39 is 29.7 Å². The highest BCUT2D eigenvalue weighted by atomic mass is 19.4. The van der Waals surface area contributed by atoms with E-state index in [0.717, 1.165) is 24.3 Å². The third kappa shape index (κ3) is 4.47. The molecule has 1 unspecified atom stereocenters. The van der Waals surface area contributed by atoms with Crippen molar-refractivity contribution < 1.29 is 27.9 Å². The standard InChI is InChI=1S/C14H16F3NO3/c1-3-8(2)11(13(20)21)18-12(19)9-4-6-10(7-5-9)14(15,16)17/h4-8,11H,3H2,1-2H3,(H,18,19)(H,20,21)/t8?,11-/m0/s1.